The van der Waals surface area contributed by atoms with Crippen LogP contribution in [-0.4, -0.2) is 40.3 Å². The van der Waals surface area contributed by atoms with Gasteiger partial charge in [0.05, 0.1) is 33.6 Å². The molecule has 2 rings (SSSR count). The van der Waals surface area contributed by atoms with Gasteiger partial charge in [0, 0.05) is 0 Å². The molecular weight excluding hydrogens is 435 g/mol. The molecule has 0 saturated carbocycles. The van der Waals surface area contributed by atoms with Crippen LogP contribution in [0, 0.1) is 0 Å². The summed E-state index contributed by atoms with van der Waals surface area (Å²) >= 11 is 17.8. The van der Waals surface area contributed by atoms with Crippen LogP contribution in [0.5, 0.6) is 5.75 Å². The molecule has 27 heavy (non-hydrogen) atoms. The Bertz CT molecular complexity index is 922. The van der Waals surface area contributed by atoms with Crippen LogP contribution >= 0.6 is 34.8 Å². The third kappa shape index (κ3) is 6.46. The highest BCUT2D eigenvalue weighted by atomic mass is 35.5. The van der Waals surface area contributed by atoms with Gasteiger partial charge < -0.3 is 10.1 Å². The van der Waals surface area contributed by atoms with E-state index in [-0.39, 0.29) is 28.9 Å². The molecule has 2 aromatic carbocycles. The molecule has 0 atom stereocenters. The molecule has 2 aromatic rings. The minimum Gasteiger partial charge on any atom is -0.490 e. The first-order chi connectivity index (χ1) is 12.7. The second-order valence-electron chi connectivity index (χ2n) is 5.50. The van der Waals surface area contributed by atoms with Crippen LogP contribution in [0.2, 0.25) is 15.1 Å². The Morgan fingerprint density at radius 1 is 1.07 bits per heavy atom. The molecular formula is C17H17Cl3N2O4S. The van der Waals surface area contributed by atoms with E-state index in [2.05, 4.69) is 5.32 Å². The van der Waals surface area contributed by atoms with E-state index in [1.807, 2.05) is 0 Å². The molecule has 1 amide bonds. The van der Waals surface area contributed by atoms with Gasteiger partial charge in [-0.05, 0) is 30.3 Å². The first-order valence-electron chi connectivity index (χ1n) is 7.75. The van der Waals surface area contributed by atoms with Crippen LogP contribution in [-0.2, 0) is 14.8 Å². The number of benzene rings is 2. The van der Waals surface area contributed by atoms with Crippen molar-refractivity contribution in [1.82, 2.24) is 5.32 Å². The number of para-hydroxylation sites is 1. The maximum atomic E-state index is 12.1. The largest absolute Gasteiger partial charge is 0.490 e. The van der Waals surface area contributed by atoms with Crippen LogP contribution in [0.3, 0.4) is 0 Å². The fourth-order valence-electron chi connectivity index (χ4n) is 2.14. The van der Waals surface area contributed by atoms with Crippen molar-refractivity contribution in [3.05, 3.63) is 57.5 Å². The van der Waals surface area contributed by atoms with Gasteiger partial charge in [-0.3, -0.25) is 9.10 Å². The van der Waals surface area contributed by atoms with Gasteiger partial charge in [0.25, 0.3) is 0 Å². The molecule has 6 nitrogen and oxygen atoms in total. The zero-order chi connectivity index (χ0) is 20.0. The molecule has 0 fully saturated rings. The molecule has 146 valence electrons. The SMILES string of the molecule is CS(=O)(=O)N(CC(=O)NCCOc1ccccc1Cl)c1ccc(Cl)c(Cl)c1. The average Bonchev–Trinajstić information content (AvgIpc) is 2.59. The Hall–Kier alpha value is -1.67. The van der Waals surface area contributed by atoms with Crippen molar-refractivity contribution >= 4 is 56.4 Å². The van der Waals surface area contributed by atoms with Crippen LogP contribution in [0.25, 0.3) is 0 Å². The molecule has 0 unspecified atom stereocenters. The summed E-state index contributed by atoms with van der Waals surface area (Å²) in [5, 5.41) is 3.54. The minimum absolute atomic E-state index is 0.182. The quantitative estimate of drug-likeness (QED) is 0.622. The van der Waals surface area contributed by atoms with Gasteiger partial charge in [0.1, 0.15) is 18.9 Å². The Kier molecular flexibility index (Phi) is 7.61. The van der Waals surface area contributed by atoms with Gasteiger partial charge in [-0.2, -0.15) is 0 Å². The number of nitrogens with one attached hydrogen (secondary N) is 1. The van der Waals surface area contributed by atoms with Crippen LogP contribution in [0.1, 0.15) is 0 Å². The predicted molar refractivity (Wildman–Crippen MR) is 109 cm³/mol. The molecule has 0 bridgehead atoms. The predicted octanol–water partition coefficient (Wildman–Crippen LogP) is 3.61. The van der Waals surface area contributed by atoms with Crippen molar-refractivity contribution < 1.29 is 17.9 Å². The Morgan fingerprint density at radius 3 is 2.41 bits per heavy atom. The van der Waals surface area contributed by atoms with Gasteiger partial charge in [-0.25, -0.2) is 8.42 Å². The smallest absolute Gasteiger partial charge is 0.240 e. The summed E-state index contributed by atoms with van der Waals surface area (Å²) in [6.45, 7) is -0.0347. The maximum absolute atomic E-state index is 12.1. The van der Waals surface area contributed by atoms with Crippen molar-refractivity contribution in [3.63, 3.8) is 0 Å². The van der Waals surface area contributed by atoms with Crippen molar-refractivity contribution in [2.45, 2.75) is 0 Å². The number of rotatable bonds is 8. The highest BCUT2D eigenvalue weighted by Crippen LogP contribution is 2.28. The number of hydrogen-bond donors (Lipinski definition) is 1. The van der Waals surface area contributed by atoms with Crippen LogP contribution < -0.4 is 14.4 Å². The fraction of sp³-hybridized carbons (Fsp3) is 0.235. The minimum atomic E-state index is -3.70. The second kappa shape index (κ2) is 9.50. The normalized spacial score (nSPS) is 11.1. The standard InChI is InChI=1S/C17H17Cl3N2O4S/c1-27(24,25)22(12-6-7-13(18)15(20)10-12)11-17(23)21-8-9-26-16-5-3-2-4-14(16)19/h2-7,10H,8-9,11H2,1H3,(H,21,23). The molecule has 0 aliphatic heterocycles. The first kappa shape index (κ1) is 21.6. The average molecular weight is 452 g/mol. The lowest BCUT2D eigenvalue weighted by molar-refractivity contribution is -0.119. The number of halogens is 3. The number of nitrogens with zero attached hydrogens (tertiary/aromatic N) is 1. The summed E-state index contributed by atoms with van der Waals surface area (Å²) in [6, 6.07) is 11.3. The Balaban J connectivity index is 1.94. The lowest BCUT2D eigenvalue weighted by atomic mass is 10.3. The zero-order valence-electron chi connectivity index (χ0n) is 14.3. The van der Waals surface area contributed by atoms with E-state index in [1.165, 1.54) is 18.2 Å². The third-order valence-electron chi connectivity index (χ3n) is 3.40. The fourth-order valence-corrected chi connectivity index (χ4v) is 3.47. The Morgan fingerprint density at radius 2 is 1.78 bits per heavy atom. The van der Waals surface area contributed by atoms with E-state index in [9.17, 15) is 13.2 Å². The third-order valence-corrected chi connectivity index (χ3v) is 5.59. The van der Waals surface area contributed by atoms with Crippen molar-refractivity contribution in [1.29, 1.82) is 0 Å². The maximum Gasteiger partial charge on any atom is 0.240 e. The summed E-state index contributed by atoms with van der Waals surface area (Å²) in [5.74, 6) is 0.0104. The number of sulfonamides is 1. The molecule has 0 saturated heterocycles. The number of anilines is 1. The molecule has 1 N–H and O–H groups in total. The molecule has 0 aliphatic carbocycles. The van der Waals surface area contributed by atoms with Gasteiger partial charge >= 0.3 is 0 Å². The van der Waals surface area contributed by atoms with Crippen LogP contribution in [0.15, 0.2) is 42.5 Å². The van der Waals surface area contributed by atoms with E-state index < -0.39 is 22.5 Å². The van der Waals surface area contributed by atoms with Gasteiger partial charge in [0.15, 0.2) is 0 Å². The van der Waals surface area contributed by atoms with Crippen molar-refractivity contribution in [2.24, 2.45) is 0 Å². The monoisotopic (exact) mass is 450 g/mol. The second-order valence-corrected chi connectivity index (χ2v) is 8.63. The molecule has 0 spiro atoms. The van der Waals surface area contributed by atoms with Gasteiger partial charge in [-0.15, -0.1) is 0 Å². The summed E-state index contributed by atoms with van der Waals surface area (Å²) < 4.78 is 30.5. The summed E-state index contributed by atoms with van der Waals surface area (Å²) in [7, 11) is -3.70. The molecule has 10 heteroatoms. The lowest BCUT2D eigenvalue weighted by Gasteiger charge is -2.22. The van der Waals surface area contributed by atoms with Crippen molar-refractivity contribution in [2.75, 3.05) is 30.3 Å². The molecule has 0 aliphatic rings. The number of carbonyl (C=O) groups is 1. The van der Waals surface area contributed by atoms with E-state index in [0.29, 0.717) is 10.8 Å². The van der Waals surface area contributed by atoms with E-state index in [0.717, 1.165) is 10.6 Å². The number of amides is 1. The number of ether oxygens (including phenoxy) is 1. The molecule has 0 radical (unpaired) electrons. The topological polar surface area (TPSA) is 75.7 Å². The summed E-state index contributed by atoms with van der Waals surface area (Å²) in [6.07, 6.45) is 1.00. The number of hydrogen-bond acceptors (Lipinski definition) is 4. The summed E-state index contributed by atoms with van der Waals surface area (Å²) in [5.41, 5.74) is 0.245. The van der Waals surface area contributed by atoms with Gasteiger partial charge in [-0.1, -0.05) is 46.9 Å². The lowest BCUT2D eigenvalue weighted by Crippen LogP contribution is -2.41. The van der Waals surface area contributed by atoms with Crippen LogP contribution in [0.4, 0.5) is 5.69 Å². The number of carbonyl (C=O) groups excluding carboxylic acids is 1. The van der Waals surface area contributed by atoms with Gasteiger partial charge in [0.2, 0.25) is 15.9 Å². The molecule has 0 aromatic heterocycles. The van der Waals surface area contributed by atoms with E-state index in [4.69, 9.17) is 39.5 Å². The highest BCUT2D eigenvalue weighted by Gasteiger charge is 2.21. The highest BCUT2D eigenvalue weighted by molar-refractivity contribution is 7.92. The summed E-state index contributed by atoms with van der Waals surface area (Å²) in [4.78, 5) is 12.1. The molecule has 0 heterocycles. The zero-order valence-corrected chi connectivity index (χ0v) is 17.4. The van der Waals surface area contributed by atoms with Crippen molar-refractivity contribution in [3.8, 4) is 5.75 Å². The van der Waals surface area contributed by atoms with E-state index in [1.54, 1.807) is 24.3 Å². The Labute approximate surface area is 173 Å². The first-order valence-corrected chi connectivity index (χ1v) is 10.7. The van der Waals surface area contributed by atoms with E-state index >= 15 is 0 Å².